The van der Waals surface area contributed by atoms with Crippen molar-refractivity contribution >= 4 is 39.8 Å². The topological polar surface area (TPSA) is 75.4 Å². The number of hydrogen-bond acceptors (Lipinski definition) is 6. The van der Waals surface area contributed by atoms with Gasteiger partial charge in [0.1, 0.15) is 5.82 Å². The molecule has 2 aromatic heterocycles. The molecular weight excluding hydrogens is 322 g/mol. The number of hydrogen-bond donors (Lipinski definition) is 1. The summed E-state index contributed by atoms with van der Waals surface area (Å²) in [5.74, 6) is 0.180. The number of pyridine rings is 1. The van der Waals surface area contributed by atoms with Crippen molar-refractivity contribution < 1.29 is 4.79 Å². The van der Waals surface area contributed by atoms with Gasteiger partial charge in [-0.15, -0.1) is 11.3 Å². The number of thiazole rings is 1. The van der Waals surface area contributed by atoms with Crippen LogP contribution in [0.25, 0.3) is 0 Å². The van der Waals surface area contributed by atoms with E-state index in [1.165, 1.54) is 6.20 Å². The van der Waals surface area contributed by atoms with Gasteiger partial charge in [0.25, 0.3) is 0 Å². The van der Waals surface area contributed by atoms with Crippen LogP contribution in [-0.2, 0) is 0 Å². The highest BCUT2D eigenvalue weighted by Gasteiger charge is 2.20. The number of primary amides is 1. The van der Waals surface area contributed by atoms with Gasteiger partial charge in [-0.25, -0.2) is 9.97 Å². The maximum absolute atomic E-state index is 11.2. The van der Waals surface area contributed by atoms with E-state index in [0.717, 1.165) is 37.7 Å². The zero-order valence-electron chi connectivity index (χ0n) is 11.9. The molecule has 3 heterocycles. The molecule has 116 valence electrons. The highest BCUT2D eigenvalue weighted by molar-refractivity contribution is 7.13. The van der Waals surface area contributed by atoms with Gasteiger partial charge in [0.05, 0.1) is 10.6 Å². The van der Waals surface area contributed by atoms with Gasteiger partial charge >= 0.3 is 0 Å². The van der Waals surface area contributed by atoms with Gasteiger partial charge in [0, 0.05) is 44.0 Å². The Hall–Kier alpha value is -1.86. The van der Waals surface area contributed by atoms with Crippen LogP contribution in [0.4, 0.5) is 10.9 Å². The number of nitrogens with two attached hydrogens (primary N) is 1. The van der Waals surface area contributed by atoms with Crippen LogP contribution < -0.4 is 15.5 Å². The van der Waals surface area contributed by atoms with E-state index in [4.69, 9.17) is 17.3 Å². The summed E-state index contributed by atoms with van der Waals surface area (Å²) >= 11 is 7.91. The lowest BCUT2D eigenvalue weighted by atomic mass is 10.2. The zero-order valence-corrected chi connectivity index (χ0v) is 13.5. The third kappa shape index (κ3) is 3.15. The lowest BCUT2D eigenvalue weighted by Crippen LogP contribution is -2.31. The average molecular weight is 338 g/mol. The number of rotatable bonds is 3. The van der Waals surface area contributed by atoms with Crippen molar-refractivity contribution in [2.75, 3.05) is 36.0 Å². The molecule has 1 fully saturated rings. The molecule has 0 spiro atoms. The van der Waals surface area contributed by atoms with E-state index in [2.05, 4.69) is 19.8 Å². The summed E-state index contributed by atoms with van der Waals surface area (Å²) in [5.41, 5.74) is 5.57. The van der Waals surface area contributed by atoms with Gasteiger partial charge in [-0.3, -0.25) is 4.79 Å². The molecule has 6 nitrogen and oxygen atoms in total. The fourth-order valence-corrected chi connectivity index (χ4v) is 3.47. The van der Waals surface area contributed by atoms with Crippen LogP contribution in [0.5, 0.6) is 0 Å². The summed E-state index contributed by atoms with van der Waals surface area (Å²) in [6, 6.07) is 1.58. The van der Waals surface area contributed by atoms with E-state index in [1.54, 1.807) is 17.4 Å². The number of nitrogens with zero attached hydrogens (tertiary/aromatic N) is 4. The zero-order chi connectivity index (χ0) is 15.5. The molecule has 0 aromatic carbocycles. The van der Waals surface area contributed by atoms with Gasteiger partial charge in [0.15, 0.2) is 5.13 Å². The molecule has 0 bridgehead atoms. The fraction of sp³-hybridized carbons (Fsp3) is 0.357. The molecule has 22 heavy (non-hydrogen) atoms. The number of carbonyl (C=O) groups is 1. The monoisotopic (exact) mass is 337 g/mol. The third-order valence-corrected chi connectivity index (χ3v) is 4.70. The Morgan fingerprint density at radius 1 is 1.23 bits per heavy atom. The molecular formula is C14H16ClN5OS. The molecule has 3 rings (SSSR count). The van der Waals surface area contributed by atoms with Crippen molar-refractivity contribution in [1.29, 1.82) is 0 Å². The molecule has 1 aliphatic rings. The Morgan fingerprint density at radius 2 is 2.00 bits per heavy atom. The van der Waals surface area contributed by atoms with Crippen LogP contribution in [0.15, 0.2) is 23.8 Å². The van der Waals surface area contributed by atoms with Crippen molar-refractivity contribution in [3.63, 3.8) is 0 Å². The molecule has 8 heteroatoms. The predicted molar refractivity (Wildman–Crippen MR) is 88.9 cm³/mol. The minimum absolute atomic E-state index is 0.327. The first-order valence-corrected chi connectivity index (χ1v) is 8.25. The highest BCUT2D eigenvalue weighted by Crippen LogP contribution is 2.26. The van der Waals surface area contributed by atoms with Crippen LogP contribution >= 0.6 is 22.9 Å². The Kier molecular flexibility index (Phi) is 4.44. The second-order valence-corrected chi connectivity index (χ2v) is 6.32. The smallest absolute Gasteiger partial charge is 0.250 e. The van der Waals surface area contributed by atoms with Crippen molar-refractivity contribution in [3.8, 4) is 0 Å². The maximum Gasteiger partial charge on any atom is 0.250 e. The number of aromatic nitrogens is 2. The maximum atomic E-state index is 11.2. The number of carbonyl (C=O) groups excluding carboxylic acids is 1. The van der Waals surface area contributed by atoms with Gasteiger partial charge < -0.3 is 15.5 Å². The Labute approximate surface area is 137 Å². The number of anilines is 2. The summed E-state index contributed by atoms with van der Waals surface area (Å²) < 4.78 is 0. The normalized spacial score (nSPS) is 15.7. The Morgan fingerprint density at radius 3 is 2.68 bits per heavy atom. The molecule has 0 atom stereocenters. The second-order valence-electron chi connectivity index (χ2n) is 5.04. The predicted octanol–water partition coefficient (Wildman–Crippen LogP) is 2.01. The molecule has 1 amide bonds. The Bertz CT molecular complexity index is 663. The van der Waals surface area contributed by atoms with Crippen LogP contribution in [0, 0.1) is 0 Å². The van der Waals surface area contributed by atoms with Gasteiger partial charge in [-0.05, 0) is 12.5 Å². The Balaban J connectivity index is 1.74. The van der Waals surface area contributed by atoms with Crippen LogP contribution in [0.2, 0.25) is 5.02 Å². The van der Waals surface area contributed by atoms with E-state index in [1.807, 2.05) is 11.6 Å². The summed E-state index contributed by atoms with van der Waals surface area (Å²) in [6.45, 7) is 3.50. The largest absolute Gasteiger partial charge is 0.366 e. The number of amides is 1. The van der Waals surface area contributed by atoms with Crippen LogP contribution in [0.3, 0.4) is 0 Å². The van der Waals surface area contributed by atoms with Crippen molar-refractivity contribution in [1.82, 2.24) is 9.97 Å². The molecule has 1 saturated heterocycles. The summed E-state index contributed by atoms with van der Waals surface area (Å²) in [5, 5.41) is 3.49. The molecule has 2 N–H and O–H groups in total. The van der Waals surface area contributed by atoms with Crippen molar-refractivity contribution in [3.05, 3.63) is 34.4 Å². The van der Waals surface area contributed by atoms with Gasteiger partial charge in [-0.1, -0.05) is 11.6 Å². The molecule has 2 aromatic rings. The third-order valence-electron chi connectivity index (χ3n) is 3.59. The van der Waals surface area contributed by atoms with E-state index in [9.17, 15) is 4.79 Å². The SMILES string of the molecule is NC(=O)c1cnc(N2CCCN(c3nccs3)CC2)c(Cl)c1. The fourth-order valence-electron chi connectivity index (χ4n) is 2.49. The average Bonchev–Trinajstić information content (AvgIpc) is 2.92. The van der Waals surface area contributed by atoms with E-state index in [-0.39, 0.29) is 0 Å². The van der Waals surface area contributed by atoms with Gasteiger partial charge in [0.2, 0.25) is 5.91 Å². The van der Waals surface area contributed by atoms with Crippen molar-refractivity contribution in [2.45, 2.75) is 6.42 Å². The van der Waals surface area contributed by atoms with Gasteiger partial charge in [-0.2, -0.15) is 0 Å². The molecule has 0 radical (unpaired) electrons. The first-order chi connectivity index (χ1) is 10.6. The minimum atomic E-state index is -0.522. The van der Waals surface area contributed by atoms with Crippen molar-refractivity contribution in [2.24, 2.45) is 5.73 Å². The van der Waals surface area contributed by atoms with E-state index < -0.39 is 5.91 Å². The first-order valence-electron chi connectivity index (χ1n) is 7.00. The summed E-state index contributed by atoms with van der Waals surface area (Å²) in [7, 11) is 0. The quantitative estimate of drug-likeness (QED) is 0.927. The number of halogens is 1. The molecule has 0 unspecified atom stereocenters. The standard InChI is InChI=1S/C14H16ClN5OS/c15-11-8-10(12(16)21)9-18-13(11)19-3-1-4-20(6-5-19)14-17-2-7-22-14/h2,7-9H,1,3-6H2,(H2,16,21). The second kappa shape index (κ2) is 6.50. The van der Waals surface area contributed by atoms with E-state index >= 15 is 0 Å². The molecule has 0 aliphatic carbocycles. The van der Waals surface area contributed by atoms with Crippen LogP contribution in [-0.4, -0.2) is 42.1 Å². The minimum Gasteiger partial charge on any atom is -0.366 e. The van der Waals surface area contributed by atoms with E-state index in [0.29, 0.717) is 16.4 Å². The molecule has 1 aliphatic heterocycles. The summed E-state index contributed by atoms with van der Waals surface area (Å²) in [4.78, 5) is 24.3. The lowest BCUT2D eigenvalue weighted by Gasteiger charge is -2.23. The highest BCUT2D eigenvalue weighted by atomic mass is 35.5. The lowest BCUT2D eigenvalue weighted by molar-refractivity contribution is 0.1000. The molecule has 0 saturated carbocycles. The summed E-state index contributed by atoms with van der Waals surface area (Å²) in [6.07, 6.45) is 4.30. The van der Waals surface area contributed by atoms with Crippen LogP contribution in [0.1, 0.15) is 16.8 Å². The first kappa shape index (κ1) is 15.1.